The molecule has 4 nitrogen and oxygen atoms in total. The third-order valence-corrected chi connectivity index (χ3v) is 4.73. The second kappa shape index (κ2) is 6.84. The topological polar surface area (TPSA) is 40.6 Å². The molecule has 0 bridgehead atoms. The molecule has 2 aromatic carbocycles. The average Bonchev–Trinajstić information content (AvgIpc) is 2.60. The van der Waals surface area contributed by atoms with E-state index in [-0.39, 0.29) is 17.6 Å². The van der Waals surface area contributed by atoms with Crippen molar-refractivity contribution in [1.29, 1.82) is 0 Å². The van der Waals surface area contributed by atoms with Gasteiger partial charge in [0.25, 0.3) is 5.91 Å². The first-order valence-electron chi connectivity index (χ1n) is 8.02. The van der Waals surface area contributed by atoms with Gasteiger partial charge in [-0.2, -0.15) is 0 Å². The Balaban J connectivity index is 1.80. The van der Waals surface area contributed by atoms with Crippen LogP contribution in [0.5, 0.6) is 0 Å². The molecule has 130 valence electrons. The predicted molar refractivity (Wildman–Crippen MR) is 95.4 cm³/mol. The van der Waals surface area contributed by atoms with Gasteiger partial charge in [-0.15, -0.1) is 0 Å². The summed E-state index contributed by atoms with van der Waals surface area (Å²) in [5, 5.41) is 0.548. The van der Waals surface area contributed by atoms with Crippen molar-refractivity contribution in [3.05, 3.63) is 64.4 Å². The lowest BCUT2D eigenvalue weighted by Crippen LogP contribution is -2.57. The van der Waals surface area contributed by atoms with Crippen molar-refractivity contribution in [1.82, 2.24) is 4.90 Å². The van der Waals surface area contributed by atoms with E-state index >= 15 is 0 Å². The lowest BCUT2D eigenvalue weighted by molar-refractivity contribution is -0.124. The Morgan fingerprint density at radius 3 is 2.48 bits per heavy atom. The second-order valence-electron chi connectivity index (χ2n) is 6.10. The number of hydrogen-bond acceptors (Lipinski definition) is 2. The molecule has 3 rings (SSSR count). The number of benzene rings is 2. The van der Waals surface area contributed by atoms with E-state index in [1.54, 1.807) is 50.2 Å². The minimum absolute atomic E-state index is 0.216. The van der Waals surface area contributed by atoms with Crippen LogP contribution in [0.4, 0.5) is 10.1 Å². The standard InChI is InChI=1S/C19H18ClFN2O2/c1-12-3-8-16(11-17(12)21)23-10-9-22(13(2)18(23)24)19(25)14-4-6-15(20)7-5-14/h3-8,11,13H,9-10H2,1-2H3/t13-/m0/s1. The molecule has 2 aromatic rings. The molecule has 1 aliphatic heterocycles. The minimum Gasteiger partial charge on any atom is -0.325 e. The van der Waals surface area contributed by atoms with Gasteiger partial charge in [-0.25, -0.2) is 4.39 Å². The predicted octanol–water partition coefficient (Wildman–Crippen LogP) is 3.67. The van der Waals surface area contributed by atoms with Crippen molar-refractivity contribution < 1.29 is 14.0 Å². The van der Waals surface area contributed by atoms with Gasteiger partial charge in [0.15, 0.2) is 0 Å². The first kappa shape index (κ1) is 17.4. The van der Waals surface area contributed by atoms with E-state index in [1.807, 2.05) is 0 Å². The molecule has 0 saturated carbocycles. The van der Waals surface area contributed by atoms with Crippen LogP contribution < -0.4 is 4.90 Å². The Morgan fingerprint density at radius 2 is 1.84 bits per heavy atom. The normalized spacial score (nSPS) is 17.8. The van der Waals surface area contributed by atoms with E-state index in [1.165, 1.54) is 15.9 Å². The number of amides is 2. The van der Waals surface area contributed by atoms with Crippen LogP contribution in [0.25, 0.3) is 0 Å². The van der Waals surface area contributed by atoms with Gasteiger partial charge in [0, 0.05) is 29.4 Å². The summed E-state index contributed by atoms with van der Waals surface area (Å²) in [4.78, 5) is 28.4. The Kier molecular flexibility index (Phi) is 4.77. The quantitative estimate of drug-likeness (QED) is 0.820. The summed E-state index contributed by atoms with van der Waals surface area (Å²) < 4.78 is 13.8. The van der Waals surface area contributed by atoms with E-state index in [0.29, 0.717) is 34.9 Å². The van der Waals surface area contributed by atoms with E-state index in [2.05, 4.69) is 0 Å². The summed E-state index contributed by atoms with van der Waals surface area (Å²) in [6.07, 6.45) is 0. The lowest BCUT2D eigenvalue weighted by atomic mass is 10.1. The Morgan fingerprint density at radius 1 is 1.16 bits per heavy atom. The fraction of sp³-hybridized carbons (Fsp3) is 0.263. The largest absolute Gasteiger partial charge is 0.325 e. The molecule has 1 saturated heterocycles. The molecule has 0 aliphatic carbocycles. The second-order valence-corrected chi connectivity index (χ2v) is 6.54. The molecule has 25 heavy (non-hydrogen) atoms. The Bertz CT molecular complexity index is 823. The number of nitrogens with zero attached hydrogens (tertiary/aromatic N) is 2. The zero-order valence-electron chi connectivity index (χ0n) is 14.0. The van der Waals surface area contributed by atoms with Crippen molar-refractivity contribution in [2.75, 3.05) is 18.0 Å². The van der Waals surface area contributed by atoms with Crippen LogP contribution in [0, 0.1) is 12.7 Å². The van der Waals surface area contributed by atoms with Crippen molar-refractivity contribution in [3.8, 4) is 0 Å². The smallest absolute Gasteiger partial charge is 0.254 e. The number of hydrogen-bond donors (Lipinski definition) is 0. The summed E-state index contributed by atoms with van der Waals surface area (Å²) in [6.45, 7) is 4.06. The number of rotatable bonds is 2. The summed E-state index contributed by atoms with van der Waals surface area (Å²) >= 11 is 5.85. The third kappa shape index (κ3) is 3.37. The van der Waals surface area contributed by atoms with Crippen molar-refractivity contribution >= 4 is 29.1 Å². The first-order chi connectivity index (χ1) is 11.9. The van der Waals surface area contributed by atoms with E-state index < -0.39 is 6.04 Å². The maximum absolute atomic E-state index is 13.8. The molecule has 0 radical (unpaired) electrons. The highest BCUT2D eigenvalue weighted by Crippen LogP contribution is 2.24. The van der Waals surface area contributed by atoms with Gasteiger partial charge in [-0.1, -0.05) is 17.7 Å². The van der Waals surface area contributed by atoms with Crippen LogP contribution in [0.3, 0.4) is 0 Å². The van der Waals surface area contributed by atoms with Crippen LogP contribution in [-0.2, 0) is 4.79 Å². The van der Waals surface area contributed by atoms with Crippen molar-refractivity contribution in [2.45, 2.75) is 19.9 Å². The molecule has 1 fully saturated rings. The molecular weight excluding hydrogens is 343 g/mol. The van der Waals surface area contributed by atoms with Gasteiger partial charge in [0.2, 0.25) is 5.91 Å². The fourth-order valence-electron chi connectivity index (χ4n) is 2.91. The van der Waals surface area contributed by atoms with Crippen molar-refractivity contribution in [3.63, 3.8) is 0 Å². The van der Waals surface area contributed by atoms with Crippen LogP contribution in [0.2, 0.25) is 5.02 Å². The van der Waals surface area contributed by atoms with Gasteiger partial charge in [-0.3, -0.25) is 9.59 Å². The SMILES string of the molecule is Cc1ccc(N2CCN(C(=O)c3ccc(Cl)cc3)[C@@H](C)C2=O)cc1F. The molecule has 1 aliphatic rings. The number of anilines is 1. The molecule has 2 amide bonds. The highest BCUT2D eigenvalue weighted by atomic mass is 35.5. The van der Waals surface area contributed by atoms with Crippen LogP contribution in [0.1, 0.15) is 22.8 Å². The number of halogens is 2. The Labute approximate surface area is 150 Å². The van der Waals surface area contributed by atoms with Gasteiger partial charge < -0.3 is 9.80 Å². The molecule has 0 aromatic heterocycles. The fourth-order valence-corrected chi connectivity index (χ4v) is 3.04. The summed E-state index contributed by atoms with van der Waals surface area (Å²) in [7, 11) is 0. The number of aryl methyl sites for hydroxylation is 1. The number of piperazine rings is 1. The molecule has 0 spiro atoms. The highest BCUT2D eigenvalue weighted by molar-refractivity contribution is 6.30. The third-order valence-electron chi connectivity index (χ3n) is 4.47. The molecule has 0 unspecified atom stereocenters. The van der Waals surface area contributed by atoms with Crippen LogP contribution >= 0.6 is 11.6 Å². The molecule has 1 heterocycles. The van der Waals surface area contributed by atoms with E-state index in [4.69, 9.17) is 11.6 Å². The maximum Gasteiger partial charge on any atom is 0.254 e. The Hall–Kier alpha value is -2.40. The van der Waals surface area contributed by atoms with Gasteiger partial charge in [0.05, 0.1) is 0 Å². The molecular formula is C19H18ClFN2O2. The zero-order valence-corrected chi connectivity index (χ0v) is 14.8. The van der Waals surface area contributed by atoms with Crippen molar-refractivity contribution in [2.24, 2.45) is 0 Å². The zero-order chi connectivity index (χ0) is 18.1. The summed E-state index contributed by atoms with van der Waals surface area (Å²) in [5.74, 6) is -0.790. The number of carbonyl (C=O) groups excluding carboxylic acids is 2. The van der Waals surface area contributed by atoms with Gasteiger partial charge in [0.1, 0.15) is 11.9 Å². The van der Waals surface area contributed by atoms with Crippen LogP contribution in [0.15, 0.2) is 42.5 Å². The summed E-state index contributed by atoms with van der Waals surface area (Å²) in [5.41, 5.74) is 1.53. The van der Waals surface area contributed by atoms with Gasteiger partial charge >= 0.3 is 0 Å². The number of carbonyl (C=O) groups is 2. The van der Waals surface area contributed by atoms with Crippen LogP contribution in [-0.4, -0.2) is 35.8 Å². The maximum atomic E-state index is 13.8. The van der Waals surface area contributed by atoms with E-state index in [9.17, 15) is 14.0 Å². The monoisotopic (exact) mass is 360 g/mol. The first-order valence-corrected chi connectivity index (χ1v) is 8.40. The molecule has 6 heteroatoms. The minimum atomic E-state index is -0.624. The lowest BCUT2D eigenvalue weighted by Gasteiger charge is -2.39. The van der Waals surface area contributed by atoms with Gasteiger partial charge in [-0.05, 0) is 55.8 Å². The average molecular weight is 361 g/mol. The summed E-state index contributed by atoms with van der Waals surface area (Å²) in [6, 6.07) is 10.7. The molecule has 0 N–H and O–H groups in total. The molecule has 1 atom stereocenters. The van der Waals surface area contributed by atoms with E-state index in [0.717, 1.165) is 0 Å². The highest BCUT2D eigenvalue weighted by Gasteiger charge is 2.35.